The van der Waals surface area contributed by atoms with Crippen LogP contribution in [0, 0.1) is 6.92 Å². The van der Waals surface area contributed by atoms with E-state index in [1.165, 1.54) is 36.3 Å². The van der Waals surface area contributed by atoms with Crippen LogP contribution in [0.3, 0.4) is 0 Å². The molecule has 94 valence electrons. The average molecular weight is 250 g/mol. The summed E-state index contributed by atoms with van der Waals surface area (Å²) in [5.41, 5.74) is 9.19. The molecule has 0 heterocycles. The summed E-state index contributed by atoms with van der Waals surface area (Å²) in [6, 6.07) is 6.74. The molecule has 1 fully saturated rings. The first-order valence-electron chi connectivity index (χ1n) is 6.44. The van der Waals surface area contributed by atoms with Gasteiger partial charge in [-0.25, -0.2) is 0 Å². The number of nitrogens with two attached hydrogens (primary N) is 1. The fourth-order valence-electron chi connectivity index (χ4n) is 2.49. The maximum Gasteiger partial charge on any atom is 0.0392 e. The van der Waals surface area contributed by atoms with Gasteiger partial charge in [-0.3, -0.25) is 0 Å². The van der Waals surface area contributed by atoms with Gasteiger partial charge in [-0.05, 0) is 49.6 Å². The second-order valence-corrected chi connectivity index (χ2v) is 6.33. The smallest absolute Gasteiger partial charge is 0.0392 e. The highest BCUT2D eigenvalue weighted by Gasteiger charge is 2.24. The molecule has 3 heteroatoms. The Balaban J connectivity index is 1.96. The first-order chi connectivity index (χ1) is 8.20. The van der Waals surface area contributed by atoms with Gasteiger partial charge in [0.2, 0.25) is 0 Å². The molecule has 2 unspecified atom stereocenters. The average Bonchev–Trinajstić information content (AvgIpc) is 2.73. The van der Waals surface area contributed by atoms with Crippen LogP contribution in [0.2, 0.25) is 0 Å². The lowest BCUT2D eigenvalue weighted by molar-refractivity contribution is 0.756. The van der Waals surface area contributed by atoms with E-state index in [2.05, 4.69) is 37.0 Å². The van der Waals surface area contributed by atoms with Crippen molar-refractivity contribution in [1.29, 1.82) is 0 Å². The van der Waals surface area contributed by atoms with E-state index in [9.17, 15) is 0 Å². The molecule has 0 bridgehead atoms. The summed E-state index contributed by atoms with van der Waals surface area (Å²) in [6.45, 7) is 4.33. The van der Waals surface area contributed by atoms with Crippen molar-refractivity contribution < 1.29 is 0 Å². The molecule has 1 aromatic rings. The molecule has 0 spiro atoms. The Labute approximate surface area is 108 Å². The zero-order valence-corrected chi connectivity index (χ0v) is 11.5. The molecule has 3 N–H and O–H groups in total. The van der Waals surface area contributed by atoms with Gasteiger partial charge in [0.15, 0.2) is 0 Å². The molecular formula is C14H22N2S. The summed E-state index contributed by atoms with van der Waals surface area (Å²) in [6.07, 6.45) is 3.91. The highest BCUT2D eigenvalue weighted by atomic mass is 32.2. The summed E-state index contributed by atoms with van der Waals surface area (Å²) in [7, 11) is 0. The zero-order chi connectivity index (χ0) is 12.3. The molecule has 2 nitrogen and oxygen atoms in total. The topological polar surface area (TPSA) is 38.0 Å². The van der Waals surface area contributed by atoms with Crippen molar-refractivity contribution in [3.8, 4) is 0 Å². The predicted molar refractivity (Wildman–Crippen MR) is 78.8 cm³/mol. The number of hydrogen-bond donors (Lipinski definition) is 2. The van der Waals surface area contributed by atoms with Gasteiger partial charge in [0.1, 0.15) is 0 Å². The quantitative estimate of drug-likeness (QED) is 0.801. The minimum absolute atomic E-state index is 0.625. The molecule has 1 saturated carbocycles. The Morgan fingerprint density at radius 3 is 3.00 bits per heavy atom. The lowest BCUT2D eigenvalue weighted by atomic mass is 10.1. The van der Waals surface area contributed by atoms with Crippen LogP contribution in [0.25, 0.3) is 0 Å². The first-order valence-corrected chi connectivity index (χ1v) is 7.48. The fourth-order valence-corrected chi connectivity index (χ4v) is 3.63. The Hall–Kier alpha value is -0.830. The van der Waals surface area contributed by atoms with Gasteiger partial charge in [0, 0.05) is 22.7 Å². The van der Waals surface area contributed by atoms with E-state index >= 15 is 0 Å². The minimum atomic E-state index is 0.625. The molecule has 1 aliphatic rings. The largest absolute Gasteiger partial charge is 0.398 e. The molecule has 0 amide bonds. The summed E-state index contributed by atoms with van der Waals surface area (Å²) < 4.78 is 0. The first kappa shape index (κ1) is 12.6. The van der Waals surface area contributed by atoms with Gasteiger partial charge in [-0.1, -0.05) is 13.0 Å². The summed E-state index contributed by atoms with van der Waals surface area (Å²) in [4.78, 5) is 0. The highest BCUT2D eigenvalue weighted by Crippen LogP contribution is 2.32. The van der Waals surface area contributed by atoms with Crippen molar-refractivity contribution in [2.75, 3.05) is 16.8 Å². The van der Waals surface area contributed by atoms with Crippen molar-refractivity contribution in [3.05, 3.63) is 23.8 Å². The maximum absolute atomic E-state index is 5.93. The Kier molecular flexibility index (Phi) is 4.21. The SMILES string of the molecule is CCSC1CCC(Nc2cccc(N)c2C)C1. The van der Waals surface area contributed by atoms with Gasteiger partial charge in [-0.15, -0.1) is 0 Å². The third kappa shape index (κ3) is 3.09. The van der Waals surface area contributed by atoms with Crippen LogP contribution < -0.4 is 11.1 Å². The van der Waals surface area contributed by atoms with Crippen molar-refractivity contribution in [2.45, 2.75) is 44.4 Å². The van der Waals surface area contributed by atoms with Crippen LogP contribution in [0.1, 0.15) is 31.7 Å². The van der Waals surface area contributed by atoms with Crippen LogP contribution in [0.4, 0.5) is 11.4 Å². The zero-order valence-electron chi connectivity index (χ0n) is 10.7. The molecular weight excluding hydrogens is 228 g/mol. The lowest BCUT2D eigenvalue weighted by Crippen LogP contribution is -2.17. The highest BCUT2D eigenvalue weighted by molar-refractivity contribution is 7.99. The maximum atomic E-state index is 5.93. The number of benzene rings is 1. The van der Waals surface area contributed by atoms with E-state index in [1.807, 2.05) is 12.1 Å². The monoisotopic (exact) mass is 250 g/mol. The van der Waals surface area contributed by atoms with Crippen LogP contribution in [0.15, 0.2) is 18.2 Å². The molecule has 2 rings (SSSR count). The van der Waals surface area contributed by atoms with Gasteiger partial charge < -0.3 is 11.1 Å². The molecule has 1 aliphatic carbocycles. The summed E-state index contributed by atoms with van der Waals surface area (Å²) in [5, 5.41) is 4.49. The molecule has 0 saturated heterocycles. The predicted octanol–water partition coefficient (Wildman–Crippen LogP) is 3.66. The molecule has 0 aromatic heterocycles. The number of rotatable bonds is 4. The van der Waals surface area contributed by atoms with E-state index in [0.29, 0.717) is 6.04 Å². The number of anilines is 2. The van der Waals surface area contributed by atoms with E-state index in [-0.39, 0.29) is 0 Å². The van der Waals surface area contributed by atoms with E-state index in [1.54, 1.807) is 0 Å². The molecule has 0 radical (unpaired) electrons. The van der Waals surface area contributed by atoms with Gasteiger partial charge in [0.05, 0.1) is 0 Å². The standard InChI is InChI=1S/C14H22N2S/c1-3-17-12-8-7-11(9-12)16-14-6-4-5-13(15)10(14)2/h4-6,11-12,16H,3,7-9,15H2,1-2H3. The summed E-state index contributed by atoms with van der Waals surface area (Å²) in [5.74, 6) is 1.23. The molecule has 17 heavy (non-hydrogen) atoms. The van der Waals surface area contributed by atoms with Crippen molar-refractivity contribution in [2.24, 2.45) is 0 Å². The van der Waals surface area contributed by atoms with Crippen LogP contribution in [0.5, 0.6) is 0 Å². The Bertz CT molecular complexity index is 378. The van der Waals surface area contributed by atoms with E-state index in [0.717, 1.165) is 10.9 Å². The normalized spacial score (nSPS) is 23.9. The molecule has 1 aromatic carbocycles. The third-order valence-electron chi connectivity index (χ3n) is 3.52. The van der Waals surface area contributed by atoms with Crippen molar-refractivity contribution in [3.63, 3.8) is 0 Å². The second-order valence-electron chi connectivity index (χ2n) is 4.75. The lowest BCUT2D eigenvalue weighted by Gasteiger charge is -2.17. The minimum Gasteiger partial charge on any atom is -0.398 e. The molecule has 0 aliphatic heterocycles. The van der Waals surface area contributed by atoms with Crippen LogP contribution in [-0.4, -0.2) is 17.0 Å². The number of thioether (sulfide) groups is 1. The van der Waals surface area contributed by atoms with Crippen LogP contribution >= 0.6 is 11.8 Å². The number of nitrogen functional groups attached to an aromatic ring is 1. The molecule has 2 atom stereocenters. The van der Waals surface area contributed by atoms with Crippen molar-refractivity contribution >= 4 is 23.1 Å². The van der Waals surface area contributed by atoms with Gasteiger partial charge in [0.25, 0.3) is 0 Å². The summed E-state index contributed by atoms with van der Waals surface area (Å²) >= 11 is 2.10. The van der Waals surface area contributed by atoms with Crippen LogP contribution in [-0.2, 0) is 0 Å². The van der Waals surface area contributed by atoms with E-state index < -0.39 is 0 Å². The number of hydrogen-bond acceptors (Lipinski definition) is 3. The van der Waals surface area contributed by atoms with Gasteiger partial charge >= 0.3 is 0 Å². The van der Waals surface area contributed by atoms with Gasteiger partial charge in [-0.2, -0.15) is 11.8 Å². The Morgan fingerprint density at radius 2 is 2.24 bits per heavy atom. The van der Waals surface area contributed by atoms with E-state index in [4.69, 9.17) is 5.73 Å². The third-order valence-corrected chi connectivity index (χ3v) is 4.76. The van der Waals surface area contributed by atoms with Crippen molar-refractivity contribution in [1.82, 2.24) is 0 Å². The number of nitrogens with one attached hydrogen (secondary N) is 1. The fraction of sp³-hybridized carbons (Fsp3) is 0.571. The second kappa shape index (κ2) is 5.67. The Morgan fingerprint density at radius 1 is 1.41 bits per heavy atom.